The summed E-state index contributed by atoms with van der Waals surface area (Å²) in [6, 6.07) is 7.95. The summed E-state index contributed by atoms with van der Waals surface area (Å²) in [5, 5.41) is 17.5. The fraction of sp³-hybridized carbons (Fsp3) is 0.357. The maximum absolute atomic E-state index is 9.63. The van der Waals surface area contributed by atoms with Gasteiger partial charge in [-0.25, -0.2) is 0 Å². The predicted molar refractivity (Wildman–Crippen MR) is 69.5 cm³/mol. The molecule has 3 rings (SSSR count). The van der Waals surface area contributed by atoms with Crippen molar-refractivity contribution in [2.24, 2.45) is 7.05 Å². The average molecular weight is 243 g/mol. The van der Waals surface area contributed by atoms with Crippen molar-refractivity contribution in [1.82, 2.24) is 15.1 Å². The number of nitrogens with zero attached hydrogens (tertiary/aromatic N) is 2. The highest BCUT2D eigenvalue weighted by molar-refractivity contribution is 5.39. The molecule has 1 atom stereocenters. The molecule has 1 unspecified atom stereocenters. The van der Waals surface area contributed by atoms with E-state index in [1.54, 1.807) is 6.07 Å². The van der Waals surface area contributed by atoms with Gasteiger partial charge in [0.2, 0.25) is 0 Å². The summed E-state index contributed by atoms with van der Waals surface area (Å²) in [7, 11) is 1.93. The van der Waals surface area contributed by atoms with Crippen molar-refractivity contribution in [3.05, 3.63) is 47.3 Å². The Labute approximate surface area is 106 Å². The second kappa shape index (κ2) is 4.46. The van der Waals surface area contributed by atoms with Crippen LogP contribution in [-0.4, -0.2) is 21.4 Å². The van der Waals surface area contributed by atoms with Gasteiger partial charge in [-0.05, 0) is 42.3 Å². The van der Waals surface area contributed by atoms with Gasteiger partial charge in [0.15, 0.2) is 0 Å². The van der Waals surface area contributed by atoms with E-state index in [9.17, 15) is 5.11 Å². The molecule has 1 aromatic heterocycles. The highest BCUT2D eigenvalue weighted by atomic mass is 16.3. The van der Waals surface area contributed by atoms with Gasteiger partial charge in [-0.3, -0.25) is 4.68 Å². The molecular weight excluding hydrogens is 226 g/mol. The number of nitrogens with one attached hydrogen (secondary N) is 1. The lowest BCUT2D eigenvalue weighted by Crippen LogP contribution is -2.31. The molecular formula is C14H17N3O. The van der Waals surface area contributed by atoms with Crippen LogP contribution in [0.4, 0.5) is 0 Å². The zero-order valence-electron chi connectivity index (χ0n) is 10.4. The number of rotatable bonds is 2. The van der Waals surface area contributed by atoms with E-state index in [0.717, 1.165) is 25.1 Å². The van der Waals surface area contributed by atoms with Crippen molar-refractivity contribution in [2.75, 3.05) is 6.54 Å². The maximum Gasteiger partial charge on any atom is 0.115 e. The van der Waals surface area contributed by atoms with E-state index < -0.39 is 0 Å². The molecule has 2 heterocycles. The van der Waals surface area contributed by atoms with Crippen LogP contribution in [0.5, 0.6) is 5.75 Å². The van der Waals surface area contributed by atoms with Crippen LogP contribution in [0.15, 0.2) is 30.5 Å². The number of aromatic nitrogens is 2. The molecule has 4 heteroatoms. The monoisotopic (exact) mass is 243 g/mol. The fourth-order valence-electron chi connectivity index (χ4n) is 2.59. The van der Waals surface area contributed by atoms with Gasteiger partial charge in [-0.1, -0.05) is 6.07 Å². The zero-order valence-corrected chi connectivity index (χ0v) is 10.4. The largest absolute Gasteiger partial charge is 0.508 e. The summed E-state index contributed by atoms with van der Waals surface area (Å²) in [4.78, 5) is 0. The molecule has 0 spiro atoms. The third kappa shape index (κ3) is 2.11. The summed E-state index contributed by atoms with van der Waals surface area (Å²) < 4.78 is 1.82. The van der Waals surface area contributed by atoms with Gasteiger partial charge in [0.05, 0.1) is 5.69 Å². The minimum atomic E-state index is 0.246. The third-order valence-corrected chi connectivity index (χ3v) is 3.47. The lowest BCUT2D eigenvalue weighted by atomic mass is 9.91. The van der Waals surface area contributed by atoms with Crippen LogP contribution in [-0.2, 0) is 19.9 Å². The number of benzene rings is 1. The Kier molecular flexibility index (Phi) is 2.80. The first-order chi connectivity index (χ1) is 8.72. The summed E-state index contributed by atoms with van der Waals surface area (Å²) in [5.74, 6) is 0.337. The molecule has 0 saturated heterocycles. The molecule has 1 aliphatic rings. The van der Waals surface area contributed by atoms with Gasteiger partial charge in [-0.2, -0.15) is 5.10 Å². The summed E-state index contributed by atoms with van der Waals surface area (Å²) in [6.45, 7) is 0.981. The first-order valence-corrected chi connectivity index (χ1v) is 6.26. The second-order valence-corrected chi connectivity index (χ2v) is 4.82. The number of aryl methyl sites for hydroxylation is 1. The molecule has 0 saturated carbocycles. The van der Waals surface area contributed by atoms with Crippen LogP contribution >= 0.6 is 0 Å². The van der Waals surface area contributed by atoms with E-state index in [1.807, 2.05) is 36.1 Å². The van der Waals surface area contributed by atoms with Gasteiger partial charge in [-0.15, -0.1) is 0 Å². The standard InChI is InChI=1S/C14H17N3O/c1-17-7-5-11(16-17)8-14-13-9-12(18)3-2-10(13)4-6-15-14/h2-3,5,7,9,14-15,18H,4,6,8H2,1H3. The first kappa shape index (κ1) is 11.3. The Balaban J connectivity index is 1.88. The summed E-state index contributed by atoms with van der Waals surface area (Å²) in [6.07, 6.45) is 3.84. The Morgan fingerprint density at radius 3 is 3.11 bits per heavy atom. The van der Waals surface area contributed by atoms with Gasteiger partial charge >= 0.3 is 0 Å². The van der Waals surface area contributed by atoms with Gasteiger partial charge in [0.25, 0.3) is 0 Å². The minimum absolute atomic E-state index is 0.246. The molecule has 0 fully saturated rings. The fourth-order valence-corrected chi connectivity index (χ4v) is 2.59. The topological polar surface area (TPSA) is 50.1 Å². The van der Waals surface area contributed by atoms with E-state index in [4.69, 9.17) is 0 Å². The third-order valence-electron chi connectivity index (χ3n) is 3.47. The predicted octanol–water partition coefficient (Wildman–Crippen LogP) is 1.56. The lowest BCUT2D eigenvalue weighted by Gasteiger charge is -2.26. The molecule has 0 radical (unpaired) electrons. The normalized spacial score (nSPS) is 18.6. The first-order valence-electron chi connectivity index (χ1n) is 6.26. The zero-order chi connectivity index (χ0) is 12.5. The summed E-state index contributed by atoms with van der Waals surface area (Å²) >= 11 is 0. The van der Waals surface area contributed by atoms with E-state index in [2.05, 4.69) is 10.4 Å². The smallest absolute Gasteiger partial charge is 0.115 e. The van der Waals surface area contributed by atoms with Gasteiger partial charge in [0, 0.05) is 25.7 Å². The lowest BCUT2D eigenvalue weighted by molar-refractivity contribution is 0.462. The van der Waals surface area contributed by atoms with E-state index in [1.165, 1.54) is 11.1 Å². The molecule has 18 heavy (non-hydrogen) atoms. The maximum atomic E-state index is 9.63. The van der Waals surface area contributed by atoms with Crippen molar-refractivity contribution in [3.8, 4) is 5.75 Å². The van der Waals surface area contributed by atoms with E-state index in [-0.39, 0.29) is 6.04 Å². The van der Waals surface area contributed by atoms with E-state index >= 15 is 0 Å². The van der Waals surface area contributed by atoms with Crippen molar-refractivity contribution >= 4 is 0 Å². The number of phenols is 1. The van der Waals surface area contributed by atoms with Crippen LogP contribution in [0.25, 0.3) is 0 Å². The Morgan fingerprint density at radius 1 is 1.44 bits per heavy atom. The highest BCUT2D eigenvalue weighted by Crippen LogP contribution is 2.28. The second-order valence-electron chi connectivity index (χ2n) is 4.82. The quantitative estimate of drug-likeness (QED) is 0.841. The number of fused-ring (bicyclic) bond motifs is 1. The molecule has 0 amide bonds. The number of phenolic OH excluding ortho intramolecular Hbond substituents is 1. The Bertz CT molecular complexity index is 562. The van der Waals surface area contributed by atoms with Crippen molar-refractivity contribution in [3.63, 3.8) is 0 Å². The van der Waals surface area contributed by atoms with Crippen molar-refractivity contribution in [2.45, 2.75) is 18.9 Å². The van der Waals surface area contributed by atoms with Gasteiger partial charge in [0.1, 0.15) is 5.75 Å². The molecule has 2 N–H and O–H groups in total. The molecule has 4 nitrogen and oxygen atoms in total. The van der Waals surface area contributed by atoms with E-state index in [0.29, 0.717) is 5.75 Å². The van der Waals surface area contributed by atoms with Crippen LogP contribution in [0.2, 0.25) is 0 Å². The van der Waals surface area contributed by atoms with Crippen molar-refractivity contribution < 1.29 is 5.11 Å². The van der Waals surface area contributed by atoms with Crippen LogP contribution < -0.4 is 5.32 Å². The van der Waals surface area contributed by atoms with Crippen LogP contribution in [0.1, 0.15) is 22.9 Å². The average Bonchev–Trinajstić information content (AvgIpc) is 2.76. The SMILES string of the molecule is Cn1ccc(CC2NCCc3ccc(O)cc32)n1. The number of aromatic hydroxyl groups is 1. The molecule has 0 bridgehead atoms. The molecule has 94 valence electrons. The highest BCUT2D eigenvalue weighted by Gasteiger charge is 2.21. The van der Waals surface area contributed by atoms with Crippen molar-refractivity contribution in [1.29, 1.82) is 0 Å². The molecule has 1 aromatic carbocycles. The molecule has 2 aromatic rings. The van der Waals surface area contributed by atoms with Gasteiger partial charge < -0.3 is 10.4 Å². The minimum Gasteiger partial charge on any atom is -0.508 e. The Hall–Kier alpha value is -1.81. The molecule has 1 aliphatic heterocycles. The van der Waals surface area contributed by atoms with Crippen LogP contribution in [0, 0.1) is 0 Å². The molecule has 0 aliphatic carbocycles. The number of hydrogen-bond acceptors (Lipinski definition) is 3. The number of hydrogen-bond donors (Lipinski definition) is 2. The Morgan fingerprint density at radius 2 is 2.33 bits per heavy atom. The summed E-state index contributed by atoms with van der Waals surface area (Å²) in [5.41, 5.74) is 3.60. The van der Waals surface area contributed by atoms with Crippen LogP contribution in [0.3, 0.4) is 0 Å².